The van der Waals surface area contributed by atoms with Gasteiger partial charge in [0.25, 0.3) is 5.82 Å². The molecule has 0 spiro atoms. The van der Waals surface area contributed by atoms with Crippen molar-refractivity contribution in [1.29, 1.82) is 0 Å². The van der Waals surface area contributed by atoms with Crippen LogP contribution in [0.4, 0.5) is 0 Å². The zero-order valence-electron chi connectivity index (χ0n) is 15.0. The van der Waals surface area contributed by atoms with Crippen molar-refractivity contribution in [2.24, 2.45) is 0 Å². The molecular formula is C17H24N2O5S. The van der Waals surface area contributed by atoms with Crippen LogP contribution >= 0.6 is 0 Å². The number of hydrogen-bond donors (Lipinski definition) is 0. The van der Waals surface area contributed by atoms with Crippen LogP contribution < -0.4 is 4.57 Å². The van der Waals surface area contributed by atoms with Gasteiger partial charge >= 0.3 is 5.97 Å². The third-order valence-corrected chi connectivity index (χ3v) is 5.64. The summed E-state index contributed by atoms with van der Waals surface area (Å²) in [5, 5.41) is -0.965. The smallest absolute Gasteiger partial charge is 0.338 e. The average Bonchev–Trinajstić information content (AvgIpc) is 2.82. The second kappa shape index (κ2) is 7.53. The Labute approximate surface area is 148 Å². The van der Waals surface area contributed by atoms with Crippen LogP contribution in [0, 0.1) is 6.92 Å². The summed E-state index contributed by atoms with van der Waals surface area (Å²) in [6.07, 6.45) is 0.212. The molecule has 0 fully saturated rings. The normalized spacial score (nSPS) is 13.2. The van der Waals surface area contributed by atoms with Gasteiger partial charge in [-0.1, -0.05) is 0 Å². The van der Waals surface area contributed by atoms with Gasteiger partial charge in [0.2, 0.25) is 0 Å². The molecule has 0 radical (unpaired) electrons. The predicted molar refractivity (Wildman–Crippen MR) is 92.3 cm³/mol. The number of aromatic nitrogens is 2. The Morgan fingerprint density at radius 1 is 1.36 bits per heavy atom. The summed E-state index contributed by atoms with van der Waals surface area (Å²) in [5.41, 5.74) is 2.21. The van der Waals surface area contributed by atoms with Crippen molar-refractivity contribution in [1.82, 2.24) is 4.57 Å². The van der Waals surface area contributed by atoms with E-state index in [-0.39, 0.29) is 6.42 Å². The minimum Gasteiger partial charge on any atom is -0.748 e. The minimum absolute atomic E-state index is 0.212. The molecule has 1 aromatic carbocycles. The van der Waals surface area contributed by atoms with Gasteiger partial charge in [-0.05, 0) is 32.9 Å². The molecule has 0 aliphatic heterocycles. The van der Waals surface area contributed by atoms with E-state index in [0.29, 0.717) is 18.7 Å². The van der Waals surface area contributed by atoms with Gasteiger partial charge in [-0.2, -0.15) is 0 Å². The van der Waals surface area contributed by atoms with E-state index in [0.717, 1.165) is 23.4 Å². The maximum Gasteiger partial charge on any atom is 0.338 e. The van der Waals surface area contributed by atoms with Gasteiger partial charge < -0.3 is 9.29 Å². The van der Waals surface area contributed by atoms with E-state index in [4.69, 9.17) is 4.74 Å². The summed E-state index contributed by atoms with van der Waals surface area (Å²) in [6, 6.07) is 5.34. The number of benzene rings is 1. The Kier molecular flexibility index (Phi) is 5.84. The minimum atomic E-state index is -4.31. The number of rotatable bonds is 7. The largest absolute Gasteiger partial charge is 0.748 e. The van der Waals surface area contributed by atoms with Crippen LogP contribution in [0.2, 0.25) is 0 Å². The number of fused-ring (bicyclic) bond motifs is 1. The molecule has 2 aromatic rings. The molecule has 1 heterocycles. The Morgan fingerprint density at radius 2 is 2.04 bits per heavy atom. The molecular weight excluding hydrogens is 344 g/mol. The Balaban J connectivity index is 2.48. The van der Waals surface area contributed by atoms with E-state index in [1.165, 1.54) is 6.92 Å². The molecule has 0 N–H and O–H groups in total. The van der Waals surface area contributed by atoms with Crippen LogP contribution in [0.3, 0.4) is 0 Å². The van der Waals surface area contributed by atoms with Crippen molar-refractivity contribution >= 4 is 27.1 Å². The van der Waals surface area contributed by atoms with E-state index >= 15 is 0 Å². The topological polar surface area (TPSA) is 92.3 Å². The molecule has 1 aromatic heterocycles. The van der Waals surface area contributed by atoms with Crippen LogP contribution in [-0.4, -0.2) is 35.4 Å². The van der Waals surface area contributed by atoms with Crippen molar-refractivity contribution in [2.45, 2.75) is 52.5 Å². The SMILES string of the molecule is CCOC(=O)c1ccc2c(c1)n(CC[C@H](C)S(=O)(=O)[O-])c(C)[n+]2CC. The zero-order valence-corrected chi connectivity index (χ0v) is 15.8. The van der Waals surface area contributed by atoms with Crippen molar-refractivity contribution in [2.75, 3.05) is 6.61 Å². The van der Waals surface area contributed by atoms with Crippen LogP contribution in [-0.2, 0) is 27.9 Å². The lowest BCUT2D eigenvalue weighted by Gasteiger charge is -2.14. The number of esters is 1. The van der Waals surface area contributed by atoms with Gasteiger partial charge in [0, 0.05) is 19.4 Å². The summed E-state index contributed by atoms with van der Waals surface area (Å²) in [6.45, 7) is 8.53. The predicted octanol–water partition coefficient (Wildman–Crippen LogP) is 1.76. The number of aryl methyl sites for hydroxylation is 2. The molecule has 0 saturated carbocycles. The molecule has 8 heteroatoms. The standard InChI is InChI=1S/C17H24N2O5S/c1-5-18-13(4)19(10-9-12(3)25(21,22)23)16-11-14(7-8-15(16)18)17(20)24-6-2/h7-8,11-12H,5-6,9-10H2,1-4H3/t12-/m0/s1. The van der Waals surface area contributed by atoms with Gasteiger partial charge in [0.05, 0.1) is 40.6 Å². The van der Waals surface area contributed by atoms with Crippen molar-refractivity contribution in [3.8, 4) is 0 Å². The fraction of sp³-hybridized carbons (Fsp3) is 0.529. The van der Waals surface area contributed by atoms with Crippen LogP contribution in [0.15, 0.2) is 18.2 Å². The van der Waals surface area contributed by atoms with Gasteiger partial charge in [-0.3, -0.25) is 0 Å². The Bertz CT molecular complexity index is 886. The lowest BCUT2D eigenvalue weighted by molar-refractivity contribution is -0.675. The molecule has 2 rings (SSSR count). The Morgan fingerprint density at radius 3 is 2.60 bits per heavy atom. The highest BCUT2D eigenvalue weighted by Gasteiger charge is 2.23. The second-order valence-electron chi connectivity index (χ2n) is 5.96. The van der Waals surface area contributed by atoms with Crippen LogP contribution in [0.1, 0.15) is 43.4 Å². The molecule has 25 heavy (non-hydrogen) atoms. The maximum absolute atomic E-state index is 12.0. The number of carbonyl (C=O) groups excluding carboxylic acids is 1. The summed E-state index contributed by atoms with van der Waals surface area (Å²) in [5.74, 6) is 0.544. The van der Waals surface area contributed by atoms with Crippen molar-refractivity contribution < 1.29 is 27.1 Å². The molecule has 1 atom stereocenters. The lowest BCUT2D eigenvalue weighted by Crippen LogP contribution is -2.35. The fourth-order valence-electron chi connectivity index (χ4n) is 2.94. The molecule has 7 nitrogen and oxygen atoms in total. The monoisotopic (exact) mass is 368 g/mol. The highest BCUT2D eigenvalue weighted by atomic mass is 32.2. The summed E-state index contributed by atoms with van der Waals surface area (Å²) in [4.78, 5) is 12.0. The van der Waals surface area contributed by atoms with Crippen molar-refractivity contribution in [3.63, 3.8) is 0 Å². The molecule has 0 unspecified atom stereocenters. The first-order valence-electron chi connectivity index (χ1n) is 8.35. The van der Waals surface area contributed by atoms with Gasteiger partial charge in [0.1, 0.15) is 0 Å². The van der Waals surface area contributed by atoms with E-state index in [1.54, 1.807) is 19.1 Å². The maximum atomic E-state index is 12.0. The lowest BCUT2D eigenvalue weighted by atomic mass is 10.2. The molecule has 0 saturated heterocycles. The van der Waals surface area contributed by atoms with Crippen molar-refractivity contribution in [3.05, 3.63) is 29.6 Å². The zero-order chi connectivity index (χ0) is 18.8. The molecule has 0 aliphatic carbocycles. The number of imidazole rings is 1. The van der Waals surface area contributed by atoms with E-state index in [9.17, 15) is 17.8 Å². The van der Waals surface area contributed by atoms with E-state index in [1.807, 2.05) is 24.5 Å². The molecule has 0 bridgehead atoms. The van der Waals surface area contributed by atoms with Gasteiger partial charge in [-0.25, -0.2) is 22.3 Å². The Hall–Kier alpha value is -1.93. The summed E-state index contributed by atoms with van der Waals surface area (Å²) in [7, 11) is -4.31. The summed E-state index contributed by atoms with van der Waals surface area (Å²) >= 11 is 0. The van der Waals surface area contributed by atoms with Crippen LogP contribution in [0.5, 0.6) is 0 Å². The average molecular weight is 368 g/mol. The number of ether oxygens (including phenoxy) is 1. The third kappa shape index (κ3) is 4.01. The highest BCUT2D eigenvalue weighted by molar-refractivity contribution is 7.86. The first-order valence-corrected chi connectivity index (χ1v) is 9.82. The highest BCUT2D eigenvalue weighted by Crippen LogP contribution is 2.19. The number of carbonyl (C=O) groups is 1. The first kappa shape index (κ1) is 19.4. The fourth-order valence-corrected chi connectivity index (χ4v) is 3.33. The first-order chi connectivity index (χ1) is 11.7. The number of hydrogen-bond acceptors (Lipinski definition) is 5. The van der Waals surface area contributed by atoms with Gasteiger partial charge in [-0.15, -0.1) is 0 Å². The number of nitrogens with zero attached hydrogens (tertiary/aromatic N) is 2. The molecule has 0 aliphatic rings. The van der Waals surface area contributed by atoms with E-state index in [2.05, 4.69) is 4.57 Å². The summed E-state index contributed by atoms with van der Waals surface area (Å²) < 4.78 is 42.5. The van der Waals surface area contributed by atoms with Crippen LogP contribution in [0.25, 0.3) is 11.0 Å². The molecule has 138 valence electrons. The van der Waals surface area contributed by atoms with Gasteiger partial charge in [0.15, 0.2) is 11.0 Å². The third-order valence-electron chi connectivity index (χ3n) is 4.42. The van der Waals surface area contributed by atoms with E-state index < -0.39 is 21.3 Å². The molecule has 0 amide bonds. The second-order valence-corrected chi connectivity index (χ2v) is 7.75. The quantitative estimate of drug-likeness (QED) is 0.422.